The van der Waals surface area contributed by atoms with Crippen molar-refractivity contribution in [2.75, 3.05) is 13.1 Å². The fourth-order valence-electron chi connectivity index (χ4n) is 4.16. The van der Waals surface area contributed by atoms with Gasteiger partial charge < -0.3 is 10.0 Å². The van der Waals surface area contributed by atoms with Gasteiger partial charge in [-0.1, -0.05) is 61.5 Å². The van der Waals surface area contributed by atoms with Crippen LogP contribution < -0.4 is 0 Å². The van der Waals surface area contributed by atoms with E-state index < -0.39 is 11.4 Å². The molecule has 1 amide bonds. The molecule has 0 spiro atoms. The zero-order valence-electron chi connectivity index (χ0n) is 16.0. The van der Waals surface area contributed by atoms with Gasteiger partial charge in [0.1, 0.15) is 0 Å². The lowest BCUT2D eigenvalue weighted by molar-refractivity contribution is -0.148. The Morgan fingerprint density at radius 1 is 1.04 bits per heavy atom. The van der Waals surface area contributed by atoms with E-state index in [1.165, 1.54) is 11.1 Å². The lowest BCUT2D eigenvalue weighted by Crippen LogP contribution is -2.49. The molecule has 0 bridgehead atoms. The van der Waals surface area contributed by atoms with Crippen molar-refractivity contribution in [3.63, 3.8) is 0 Å². The monoisotopic (exact) mass is 365 g/mol. The largest absolute Gasteiger partial charge is 0.481 e. The molecule has 1 N–H and O–H groups in total. The topological polar surface area (TPSA) is 57.6 Å². The summed E-state index contributed by atoms with van der Waals surface area (Å²) in [7, 11) is 0. The molecule has 0 radical (unpaired) electrons. The third kappa shape index (κ3) is 3.90. The Hall–Kier alpha value is -2.62. The van der Waals surface area contributed by atoms with Gasteiger partial charge >= 0.3 is 5.97 Å². The SMILES string of the molecule is Cc1ccccc1C(C)CC(=O)N1CCC(C(=O)O)(c2ccccc2)CC1. The number of carbonyl (C=O) groups is 2. The highest BCUT2D eigenvalue weighted by Gasteiger charge is 2.43. The Morgan fingerprint density at radius 3 is 2.22 bits per heavy atom. The van der Waals surface area contributed by atoms with Crippen molar-refractivity contribution in [3.05, 3.63) is 71.3 Å². The minimum absolute atomic E-state index is 0.109. The van der Waals surface area contributed by atoms with Crippen molar-refractivity contribution < 1.29 is 14.7 Å². The predicted molar refractivity (Wildman–Crippen MR) is 106 cm³/mol. The van der Waals surface area contributed by atoms with Crippen LogP contribution in [0.15, 0.2) is 54.6 Å². The first-order valence-electron chi connectivity index (χ1n) is 9.56. The zero-order valence-corrected chi connectivity index (χ0v) is 16.0. The van der Waals surface area contributed by atoms with Crippen LogP contribution in [0.3, 0.4) is 0 Å². The van der Waals surface area contributed by atoms with Crippen molar-refractivity contribution in [1.29, 1.82) is 0 Å². The number of hydrogen-bond donors (Lipinski definition) is 1. The Morgan fingerprint density at radius 2 is 1.63 bits per heavy atom. The van der Waals surface area contributed by atoms with Crippen LogP contribution in [-0.4, -0.2) is 35.0 Å². The molecule has 1 atom stereocenters. The molecule has 1 heterocycles. The molecule has 0 saturated carbocycles. The van der Waals surface area contributed by atoms with Crippen LogP contribution in [0, 0.1) is 6.92 Å². The quantitative estimate of drug-likeness (QED) is 0.867. The fourth-order valence-corrected chi connectivity index (χ4v) is 4.16. The van der Waals surface area contributed by atoms with Gasteiger partial charge in [0.15, 0.2) is 0 Å². The van der Waals surface area contributed by atoms with Gasteiger partial charge in [-0.2, -0.15) is 0 Å². The number of benzene rings is 2. The maximum atomic E-state index is 12.8. The highest BCUT2D eigenvalue weighted by atomic mass is 16.4. The van der Waals surface area contributed by atoms with Gasteiger partial charge in [0.05, 0.1) is 5.41 Å². The molecule has 0 aliphatic carbocycles. The summed E-state index contributed by atoms with van der Waals surface area (Å²) in [5, 5.41) is 9.89. The maximum absolute atomic E-state index is 12.8. The van der Waals surface area contributed by atoms with Crippen molar-refractivity contribution in [2.45, 2.75) is 44.4 Å². The summed E-state index contributed by atoms with van der Waals surface area (Å²) in [6.45, 7) is 5.12. The zero-order chi connectivity index (χ0) is 19.4. The van der Waals surface area contributed by atoms with Gasteiger partial charge in [-0.05, 0) is 42.4 Å². The number of hydrogen-bond acceptors (Lipinski definition) is 2. The number of carbonyl (C=O) groups excluding carboxylic acids is 1. The molecule has 1 unspecified atom stereocenters. The average Bonchev–Trinajstić information content (AvgIpc) is 2.68. The van der Waals surface area contributed by atoms with Crippen molar-refractivity contribution in [3.8, 4) is 0 Å². The molecule has 2 aromatic rings. The van der Waals surface area contributed by atoms with E-state index in [1.54, 1.807) is 0 Å². The Balaban J connectivity index is 1.67. The molecule has 4 heteroatoms. The molecule has 1 saturated heterocycles. The number of piperidine rings is 1. The molecular formula is C23H27NO3. The number of likely N-dealkylation sites (tertiary alicyclic amines) is 1. The Labute approximate surface area is 160 Å². The van der Waals surface area contributed by atoms with Gasteiger partial charge in [-0.15, -0.1) is 0 Å². The van der Waals surface area contributed by atoms with E-state index in [1.807, 2.05) is 47.4 Å². The summed E-state index contributed by atoms with van der Waals surface area (Å²) < 4.78 is 0. The van der Waals surface area contributed by atoms with Gasteiger partial charge in [-0.25, -0.2) is 0 Å². The van der Waals surface area contributed by atoms with Crippen molar-refractivity contribution in [1.82, 2.24) is 4.90 Å². The third-order valence-electron chi connectivity index (χ3n) is 5.91. The highest BCUT2D eigenvalue weighted by Crippen LogP contribution is 2.36. The molecule has 0 aromatic heterocycles. The number of rotatable bonds is 5. The van der Waals surface area contributed by atoms with Crippen molar-refractivity contribution >= 4 is 11.9 Å². The van der Waals surface area contributed by atoms with Crippen LogP contribution in [0.25, 0.3) is 0 Å². The molecule has 27 heavy (non-hydrogen) atoms. The van der Waals surface area contributed by atoms with Crippen LogP contribution in [0.4, 0.5) is 0 Å². The van der Waals surface area contributed by atoms with E-state index in [-0.39, 0.29) is 11.8 Å². The standard InChI is InChI=1S/C23H27NO3/c1-17-8-6-7-11-20(17)18(2)16-21(25)24-14-12-23(13-15-24,22(26)27)19-9-4-3-5-10-19/h3-11,18H,12-16H2,1-2H3,(H,26,27). The first-order valence-corrected chi connectivity index (χ1v) is 9.56. The number of aryl methyl sites for hydroxylation is 1. The van der Waals surface area contributed by atoms with E-state index in [9.17, 15) is 14.7 Å². The smallest absolute Gasteiger partial charge is 0.314 e. The number of aliphatic carboxylic acids is 1. The first-order chi connectivity index (χ1) is 12.9. The third-order valence-corrected chi connectivity index (χ3v) is 5.91. The summed E-state index contributed by atoms with van der Waals surface area (Å²) in [5.74, 6) is -0.536. The molecule has 1 fully saturated rings. The summed E-state index contributed by atoms with van der Waals surface area (Å²) in [6, 6.07) is 17.6. The summed E-state index contributed by atoms with van der Waals surface area (Å²) in [4.78, 5) is 26.7. The Bertz CT molecular complexity index is 807. The molecule has 2 aromatic carbocycles. The minimum atomic E-state index is -0.889. The number of carboxylic acids is 1. The Kier molecular flexibility index (Phi) is 5.64. The normalized spacial score (nSPS) is 17.3. The molecule has 142 valence electrons. The van der Waals surface area contributed by atoms with Gasteiger partial charge in [0.2, 0.25) is 5.91 Å². The lowest BCUT2D eigenvalue weighted by atomic mass is 9.72. The number of carboxylic acid groups (broad SMARTS) is 1. The van der Waals surface area contributed by atoms with Crippen LogP contribution in [0.2, 0.25) is 0 Å². The minimum Gasteiger partial charge on any atom is -0.481 e. The maximum Gasteiger partial charge on any atom is 0.314 e. The molecule has 1 aliphatic rings. The summed E-state index contributed by atoms with van der Waals surface area (Å²) in [5.41, 5.74) is 2.34. The second kappa shape index (κ2) is 7.95. The molecule has 4 nitrogen and oxygen atoms in total. The second-order valence-corrected chi connectivity index (χ2v) is 7.60. The first kappa shape index (κ1) is 19.2. The van der Waals surface area contributed by atoms with E-state index >= 15 is 0 Å². The van der Waals surface area contributed by atoms with Crippen LogP contribution in [0.1, 0.15) is 48.8 Å². The average molecular weight is 365 g/mol. The van der Waals surface area contributed by atoms with Crippen molar-refractivity contribution in [2.24, 2.45) is 0 Å². The van der Waals surface area contributed by atoms with Crippen LogP contribution in [0.5, 0.6) is 0 Å². The van der Waals surface area contributed by atoms with Crippen LogP contribution in [-0.2, 0) is 15.0 Å². The van der Waals surface area contributed by atoms with Gasteiger partial charge in [0, 0.05) is 19.5 Å². The molecule has 1 aliphatic heterocycles. The summed E-state index contributed by atoms with van der Waals surface area (Å²) in [6.07, 6.45) is 1.37. The second-order valence-electron chi connectivity index (χ2n) is 7.60. The van der Waals surface area contributed by atoms with Crippen LogP contribution >= 0.6 is 0 Å². The highest BCUT2D eigenvalue weighted by molar-refractivity contribution is 5.83. The fraction of sp³-hybridized carbons (Fsp3) is 0.391. The van der Waals surface area contributed by atoms with E-state index in [0.717, 1.165) is 5.56 Å². The van der Waals surface area contributed by atoms with Gasteiger partial charge in [-0.3, -0.25) is 9.59 Å². The predicted octanol–water partition coefficient (Wildman–Crippen LogP) is 4.13. The van der Waals surface area contributed by atoms with E-state index in [4.69, 9.17) is 0 Å². The lowest BCUT2D eigenvalue weighted by Gasteiger charge is -2.39. The molecule has 3 rings (SSSR count). The van der Waals surface area contributed by atoms with E-state index in [0.29, 0.717) is 32.4 Å². The van der Waals surface area contributed by atoms with E-state index in [2.05, 4.69) is 26.0 Å². The summed E-state index contributed by atoms with van der Waals surface area (Å²) >= 11 is 0. The number of amides is 1. The number of nitrogens with zero attached hydrogens (tertiary/aromatic N) is 1. The molecular weight excluding hydrogens is 338 g/mol. The van der Waals surface area contributed by atoms with Gasteiger partial charge in [0.25, 0.3) is 0 Å².